The Balaban J connectivity index is 2.40. The molecule has 1 aromatic heterocycles. The maximum Gasteiger partial charge on any atom is 0.417 e. The van der Waals surface area contributed by atoms with Gasteiger partial charge in [0.1, 0.15) is 0 Å². The van der Waals surface area contributed by atoms with Crippen LogP contribution in [0.4, 0.5) is 18.3 Å². The van der Waals surface area contributed by atoms with Crippen LogP contribution in [0.5, 0.6) is 0 Å². The van der Waals surface area contributed by atoms with E-state index in [1.54, 1.807) is 13.0 Å². The zero-order valence-corrected chi connectivity index (χ0v) is 11.3. The van der Waals surface area contributed by atoms with Crippen molar-refractivity contribution >= 4 is 16.5 Å². The summed E-state index contributed by atoms with van der Waals surface area (Å²) in [6.45, 7) is 1.76. The predicted molar refractivity (Wildman–Crippen MR) is 70.2 cm³/mol. The van der Waals surface area contributed by atoms with Gasteiger partial charge in [0, 0.05) is 11.3 Å². The molecule has 1 aromatic carbocycles. The fourth-order valence-electron chi connectivity index (χ4n) is 1.83. The molecule has 0 radical (unpaired) electrons. The lowest BCUT2D eigenvalue weighted by atomic mass is 10.0. The third-order valence-electron chi connectivity index (χ3n) is 2.78. The van der Waals surface area contributed by atoms with Gasteiger partial charge in [0.05, 0.1) is 22.9 Å². The summed E-state index contributed by atoms with van der Waals surface area (Å²) in [5.41, 5.74) is 5.47. The van der Waals surface area contributed by atoms with Gasteiger partial charge in [-0.25, -0.2) is 4.98 Å². The minimum atomic E-state index is -4.54. The summed E-state index contributed by atoms with van der Waals surface area (Å²) in [4.78, 5) is 4.85. The van der Waals surface area contributed by atoms with Crippen LogP contribution in [0.15, 0.2) is 18.2 Å². The molecular weight excluding hydrogens is 287 g/mol. The first kappa shape index (κ1) is 14.3. The summed E-state index contributed by atoms with van der Waals surface area (Å²) in [7, 11) is 0. The van der Waals surface area contributed by atoms with Crippen LogP contribution in [-0.2, 0) is 12.6 Å². The normalized spacial score (nSPS) is 11.3. The van der Waals surface area contributed by atoms with Gasteiger partial charge in [0.15, 0.2) is 5.13 Å². The molecule has 0 aliphatic carbocycles. The fraction of sp³-hybridized carbons (Fsp3) is 0.231. The summed E-state index contributed by atoms with van der Waals surface area (Å²) in [6, 6.07) is 5.28. The molecule has 0 atom stereocenters. The molecule has 20 heavy (non-hydrogen) atoms. The van der Waals surface area contributed by atoms with Crippen LogP contribution in [0.25, 0.3) is 0 Å². The highest BCUT2D eigenvalue weighted by atomic mass is 32.1. The number of hydrogen-bond acceptors (Lipinski definition) is 4. The smallest absolute Gasteiger partial charge is 0.375 e. The number of nitrogens with two attached hydrogens (primary N) is 1. The van der Waals surface area contributed by atoms with Crippen molar-refractivity contribution in [3.05, 3.63) is 45.5 Å². The van der Waals surface area contributed by atoms with E-state index >= 15 is 0 Å². The largest absolute Gasteiger partial charge is 0.417 e. The van der Waals surface area contributed by atoms with E-state index in [1.165, 1.54) is 23.5 Å². The van der Waals surface area contributed by atoms with Crippen LogP contribution in [0.3, 0.4) is 0 Å². The van der Waals surface area contributed by atoms with Crippen molar-refractivity contribution in [2.45, 2.75) is 19.5 Å². The minimum Gasteiger partial charge on any atom is -0.375 e. The first-order chi connectivity index (χ1) is 9.31. The molecule has 104 valence electrons. The number of nitrogen functional groups attached to an aromatic ring is 1. The Kier molecular flexibility index (Phi) is 3.68. The van der Waals surface area contributed by atoms with E-state index in [4.69, 9.17) is 11.0 Å². The molecule has 0 aliphatic rings. The minimum absolute atomic E-state index is 0.315. The van der Waals surface area contributed by atoms with Crippen LogP contribution in [-0.4, -0.2) is 4.98 Å². The lowest BCUT2D eigenvalue weighted by molar-refractivity contribution is -0.137. The summed E-state index contributed by atoms with van der Waals surface area (Å²) >= 11 is 1.25. The molecule has 1 heterocycles. The molecule has 0 amide bonds. The highest BCUT2D eigenvalue weighted by Gasteiger charge is 2.33. The van der Waals surface area contributed by atoms with Gasteiger partial charge in [0.25, 0.3) is 0 Å². The maximum atomic E-state index is 12.9. The number of nitrogens with zero attached hydrogens (tertiary/aromatic N) is 2. The van der Waals surface area contributed by atoms with Crippen molar-refractivity contribution in [1.82, 2.24) is 4.98 Å². The van der Waals surface area contributed by atoms with Crippen molar-refractivity contribution in [1.29, 1.82) is 5.26 Å². The van der Waals surface area contributed by atoms with E-state index in [0.29, 0.717) is 22.8 Å². The Morgan fingerprint density at radius 1 is 1.40 bits per heavy atom. The second-order valence-electron chi connectivity index (χ2n) is 4.23. The zero-order valence-electron chi connectivity index (χ0n) is 10.5. The van der Waals surface area contributed by atoms with Gasteiger partial charge in [-0.3, -0.25) is 0 Å². The van der Waals surface area contributed by atoms with Gasteiger partial charge in [-0.15, -0.1) is 11.3 Å². The lowest BCUT2D eigenvalue weighted by Gasteiger charge is -2.10. The summed E-state index contributed by atoms with van der Waals surface area (Å²) in [5, 5.41) is 9.13. The van der Waals surface area contributed by atoms with Crippen LogP contribution < -0.4 is 5.73 Å². The molecule has 0 spiro atoms. The number of halogens is 3. The average Bonchev–Trinajstić information content (AvgIpc) is 2.66. The fourth-order valence-corrected chi connectivity index (χ4v) is 2.70. The summed E-state index contributed by atoms with van der Waals surface area (Å²) in [6.07, 6.45) is -4.22. The molecule has 0 unspecified atom stereocenters. The second kappa shape index (κ2) is 5.13. The Morgan fingerprint density at radius 2 is 2.10 bits per heavy atom. The number of alkyl halides is 3. The lowest BCUT2D eigenvalue weighted by Crippen LogP contribution is -2.08. The van der Waals surface area contributed by atoms with E-state index in [1.807, 2.05) is 0 Å². The molecule has 2 aromatic rings. The van der Waals surface area contributed by atoms with Crippen molar-refractivity contribution in [2.75, 3.05) is 5.73 Å². The molecule has 2 rings (SSSR count). The molecular formula is C13H10F3N3S. The van der Waals surface area contributed by atoms with Gasteiger partial charge in [0.2, 0.25) is 0 Å². The number of thiazole rings is 1. The monoisotopic (exact) mass is 297 g/mol. The Hall–Kier alpha value is -2.07. The van der Waals surface area contributed by atoms with Gasteiger partial charge in [-0.2, -0.15) is 18.4 Å². The Labute approximate surface area is 117 Å². The van der Waals surface area contributed by atoms with Crippen LogP contribution in [0.1, 0.15) is 27.3 Å². The van der Waals surface area contributed by atoms with Crippen molar-refractivity contribution in [3.8, 4) is 6.07 Å². The van der Waals surface area contributed by atoms with E-state index < -0.39 is 11.7 Å². The second-order valence-corrected chi connectivity index (χ2v) is 5.34. The quantitative estimate of drug-likeness (QED) is 0.922. The SMILES string of the molecule is Cc1nc(N)sc1Cc1ccc(C#N)c(C(F)(F)F)c1. The predicted octanol–water partition coefficient (Wildman–Crippen LogP) is 3.52. The Morgan fingerprint density at radius 3 is 2.60 bits per heavy atom. The summed E-state index contributed by atoms with van der Waals surface area (Å²) in [5.74, 6) is 0. The van der Waals surface area contributed by atoms with Gasteiger partial charge in [-0.05, 0) is 24.6 Å². The van der Waals surface area contributed by atoms with Gasteiger partial charge >= 0.3 is 6.18 Å². The van der Waals surface area contributed by atoms with Gasteiger partial charge < -0.3 is 5.73 Å². The molecule has 7 heteroatoms. The van der Waals surface area contributed by atoms with Crippen LogP contribution >= 0.6 is 11.3 Å². The Bertz CT molecular complexity index is 683. The maximum absolute atomic E-state index is 12.9. The number of benzene rings is 1. The third-order valence-corrected chi connectivity index (χ3v) is 3.77. The van der Waals surface area contributed by atoms with E-state index in [0.717, 1.165) is 10.9 Å². The molecule has 2 N–H and O–H groups in total. The summed E-state index contributed by atoms with van der Waals surface area (Å²) < 4.78 is 38.6. The molecule has 0 bridgehead atoms. The standard InChI is InChI=1S/C13H10F3N3S/c1-7-11(20-12(18)19-7)5-8-2-3-9(6-17)10(4-8)13(14,15)16/h2-4H,5H2,1H3,(H2,18,19). The van der Waals surface area contributed by atoms with Crippen LogP contribution in [0.2, 0.25) is 0 Å². The third kappa shape index (κ3) is 2.91. The van der Waals surface area contributed by atoms with E-state index in [-0.39, 0.29) is 5.56 Å². The molecule has 3 nitrogen and oxygen atoms in total. The van der Waals surface area contributed by atoms with Crippen molar-refractivity contribution in [2.24, 2.45) is 0 Å². The highest BCUT2D eigenvalue weighted by molar-refractivity contribution is 7.15. The van der Waals surface area contributed by atoms with Crippen molar-refractivity contribution in [3.63, 3.8) is 0 Å². The first-order valence-electron chi connectivity index (χ1n) is 5.63. The topological polar surface area (TPSA) is 62.7 Å². The van der Waals surface area contributed by atoms with E-state index in [9.17, 15) is 13.2 Å². The molecule has 0 aliphatic heterocycles. The number of nitriles is 1. The molecule has 0 fully saturated rings. The number of rotatable bonds is 2. The number of hydrogen-bond donors (Lipinski definition) is 1. The highest BCUT2D eigenvalue weighted by Crippen LogP contribution is 2.33. The number of aromatic nitrogens is 1. The zero-order chi connectivity index (χ0) is 14.9. The molecule has 0 saturated heterocycles. The number of aryl methyl sites for hydroxylation is 1. The molecule has 0 saturated carbocycles. The average molecular weight is 297 g/mol. The first-order valence-corrected chi connectivity index (χ1v) is 6.45. The van der Waals surface area contributed by atoms with Crippen LogP contribution in [0, 0.1) is 18.3 Å². The van der Waals surface area contributed by atoms with Crippen molar-refractivity contribution < 1.29 is 13.2 Å². The van der Waals surface area contributed by atoms with E-state index in [2.05, 4.69) is 4.98 Å². The van der Waals surface area contributed by atoms with Gasteiger partial charge in [-0.1, -0.05) is 6.07 Å². The number of anilines is 1.